The molecule has 0 spiro atoms. The van der Waals surface area contributed by atoms with Crippen molar-refractivity contribution in [2.45, 2.75) is 33.3 Å². The lowest BCUT2D eigenvalue weighted by Gasteiger charge is -2.19. The molecule has 1 rings (SSSR count). The van der Waals surface area contributed by atoms with Gasteiger partial charge >= 0.3 is 5.97 Å². The molecular weight excluding hydrogens is 240 g/mol. The summed E-state index contributed by atoms with van der Waals surface area (Å²) >= 11 is 1.10. The van der Waals surface area contributed by atoms with Gasteiger partial charge < -0.3 is 15.2 Å². The second kappa shape index (κ2) is 5.46. The van der Waals surface area contributed by atoms with Gasteiger partial charge in [0.15, 0.2) is 0 Å². The van der Waals surface area contributed by atoms with Crippen LogP contribution in [0.5, 0.6) is 0 Å². The maximum atomic E-state index is 11.7. The van der Waals surface area contributed by atoms with Gasteiger partial charge in [-0.25, -0.2) is 4.79 Å². The first-order valence-corrected chi connectivity index (χ1v) is 6.11. The number of carbonyl (C=O) groups excluding carboxylic acids is 1. The minimum absolute atomic E-state index is 0.213. The molecule has 1 aromatic rings. The van der Waals surface area contributed by atoms with E-state index in [2.05, 4.69) is 4.37 Å². The van der Waals surface area contributed by atoms with Gasteiger partial charge in [0.2, 0.25) is 0 Å². The molecule has 0 amide bonds. The maximum absolute atomic E-state index is 11.7. The molecule has 0 bridgehead atoms. The zero-order valence-electron chi connectivity index (χ0n) is 10.6. The van der Waals surface area contributed by atoms with Gasteiger partial charge in [0.05, 0.1) is 17.9 Å². The third-order valence-electron chi connectivity index (χ3n) is 1.94. The quantitative estimate of drug-likeness (QED) is 0.660. The van der Waals surface area contributed by atoms with Crippen LogP contribution in [0.4, 0.5) is 5.00 Å². The van der Waals surface area contributed by atoms with Gasteiger partial charge in [-0.05, 0) is 39.2 Å². The van der Waals surface area contributed by atoms with E-state index in [4.69, 9.17) is 15.2 Å². The molecule has 2 N–H and O–H groups in total. The summed E-state index contributed by atoms with van der Waals surface area (Å²) in [6, 6.07) is 0. The van der Waals surface area contributed by atoms with Crippen LogP contribution in [0, 0.1) is 6.92 Å². The Bertz CT molecular complexity index is 376. The number of rotatable bonds is 4. The van der Waals surface area contributed by atoms with Crippen LogP contribution < -0.4 is 5.73 Å². The summed E-state index contributed by atoms with van der Waals surface area (Å²) in [5.41, 5.74) is 6.38. The molecule has 0 aromatic carbocycles. The van der Waals surface area contributed by atoms with Crippen LogP contribution in [0.2, 0.25) is 0 Å². The summed E-state index contributed by atoms with van der Waals surface area (Å²) in [6.07, 6.45) is 0. The SMILES string of the molecule is Cc1nsc(N)c1C(=O)OCCOC(C)(C)C. The maximum Gasteiger partial charge on any atom is 0.343 e. The Morgan fingerprint density at radius 1 is 1.41 bits per heavy atom. The van der Waals surface area contributed by atoms with Crippen molar-refractivity contribution in [3.8, 4) is 0 Å². The van der Waals surface area contributed by atoms with E-state index in [1.54, 1.807) is 6.92 Å². The molecule has 0 unspecified atom stereocenters. The van der Waals surface area contributed by atoms with E-state index in [9.17, 15) is 4.79 Å². The zero-order valence-corrected chi connectivity index (χ0v) is 11.4. The summed E-state index contributed by atoms with van der Waals surface area (Å²) in [4.78, 5) is 11.7. The molecule has 96 valence electrons. The van der Waals surface area contributed by atoms with Crippen LogP contribution in [-0.2, 0) is 9.47 Å². The van der Waals surface area contributed by atoms with Crippen molar-refractivity contribution in [3.63, 3.8) is 0 Å². The zero-order chi connectivity index (χ0) is 13.1. The average Bonchev–Trinajstić information content (AvgIpc) is 2.52. The van der Waals surface area contributed by atoms with Crippen molar-refractivity contribution in [1.29, 1.82) is 0 Å². The van der Waals surface area contributed by atoms with Crippen molar-refractivity contribution >= 4 is 22.5 Å². The van der Waals surface area contributed by atoms with Crippen molar-refractivity contribution in [1.82, 2.24) is 4.37 Å². The van der Waals surface area contributed by atoms with Crippen LogP contribution >= 0.6 is 11.5 Å². The molecule has 0 atom stereocenters. The Labute approximate surface area is 105 Å². The minimum Gasteiger partial charge on any atom is -0.460 e. The highest BCUT2D eigenvalue weighted by Crippen LogP contribution is 2.21. The second-order valence-corrected chi connectivity index (χ2v) is 5.41. The number of aromatic nitrogens is 1. The van der Waals surface area contributed by atoms with E-state index >= 15 is 0 Å². The fourth-order valence-corrected chi connectivity index (χ4v) is 1.84. The fourth-order valence-electron chi connectivity index (χ4n) is 1.19. The van der Waals surface area contributed by atoms with Gasteiger partial charge in [-0.2, -0.15) is 4.37 Å². The van der Waals surface area contributed by atoms with E-state index in [0.717, 1.165) is 11.5 Å². The van der Waals surface area contributed by atoms with Crippen molar-refractivity contribution in [3.05, 3.63) is 11.3 Å². The molecule has 0 aliphatic rings. The van der Waals surface area contributed by atoms with E-state index in [0.29, 0.717) is 22.9 Å². The average molecular weight is 258 g/mol. The van der Waals surface area contributed by atoms with Gasteiger partial charge in [0.1, 0.15) is 17.2 Å². The molecular formula is C11H18N2O3S. The van der Waals surface area contributed by atoms with Crippen LogP contribution in [0.1, 0.15) is 36.8 Å². The number of nitrogen functional groups attached to an aromatic ring is 1. The molecule has 1 heterocycles. The number of aryl methyl sites for hydroxylation is 1. The Kier molecular flexibility index (Phi) is 4.47. The summed E-state index contributed by atoms with van der Waals surface area (Å²) < 4.78 is 14.5. The number of esters is 1. The van der Waals surface area contributed by atoms with Crippen molar-refractivity contribution in [2.75, 3.05) is 18.9 Å². The first-order valence-electron chi connectivity index (χ1n) is 5.34. The van der Waals surface area contributed by atoms with Gasteiger partial charge in [0.25, 0.3) is 0 Å². The van der Waals surface area contributed by atoms with E-state index in [1.165, 1.54) is 0 Å². The standard InChI is InChI=1S/C11H18N2O3S/c1-7-8(9(12)17-13-7)10(14)15-5-6-16-11(2,3)4/h5-6,12H2,1-4H3. The highest BCUT2D eigenvalue weighted by atomic mass is 32.1. The predicted molar refractivity (Wildman–Crippen MR) is 67.3 cm³/mol. The summed E-state index contributed by atoms with van der Waals surface area (Å²) in [5.74, 6) is -0.439. The molecule has 0 aliphatic carbocycles. The largest absolute Gasteiger partial charge is 0.460 e. The van der Waals surface area contributed by atoms with Gasteiger partial charge in [-0.15, -0.1) is 0 Å². The lowest BCUT2D eigenvalue weighted by molar-refractivity contribution is -0.0281. The number of nitrogens with zero attached hydrogens (tertiary/aromatic N) is 1. The minimum atomic E-state index is -0.439. The Morgan fingerprint density at radius 3 is 2.53 bits per heavy atom. The molecule has 17 heavy (non-hydrogen) atoms. The first kappa shape index (κ1) is 13.9. The number of hydrogen-bond donors (Lipinski definition) is 1. The summed E-state index contributed by atoms with van der Waals surface area (Å²) in [6.45, 7) is 8.14. The summed E-state index contributed by atoms with van der Waals surface area (Å²) in [5, 5.41) is 0.393. The third-order valence-corrected chi connectivity index (χ3v) is 2.71. The molecule has 6 heteroatoms. The highest BCUT2D eigenvalue weighted by Gasteiger charge is 2.18. The highest BCUT2D eigenvalue weighted by molar-refractivity contribution is 7.10. The third kappa shape index (κ3) is 4.32. The normalized spacial score (nSPS) is 11.5. The topological polar surface area (TPSA) is 74.4 Å². The van der Waals surface area contributed by atoms with Gasteiger partial charge in [0, 0.05) is 0 Å². The number of hydrogen-bond acceptors (Lipinski definition) is 6. The molecule has 1 aromatic heterocycles. The number of ether oxygens (including phenoxy) is 2. The predicted octanol–water partition coefficient (Wildman–Crippen LogP) is 2.01. The lowest BCUT2D eigenvalue weighted by Crippen LogP contribution is -2.22. The number of anilines is 1. The molecule has 0 saturated carbocycles. The van der Waals surface area contributed by atoms with Gasteiger partial charge in [-0.3, -0.25) is 0 Å². The Hall–Kier alpha value is -1.14. The van der Waals surface area contributed by atoms with Crippen LogP contribution in [0.3, 0.4) is 0 Å². The monoisotopic (exact) mass is 258 g/mol. The van der Waals surface area contributed by atoms with Crippen molar-refractivity contribution in [2.24, 2.45) is 0 Å². The molecule has 5 nitrogen and oxygen atoms in total. The van der Waals surface area contributed by atoms with Crippen molar-refractivity contribution < 1.29 is 14.3 Å². The van der Waals surface area contributed by atoms with Crippen LogP contribution in [0.15, 0.2) is 0 Å². The lowest BCUT2D eigenvalue weighted by atomic mass is 10.2. The Morgan fingerprint density at radius 2 is 2.06 bits per heavy atom. The van der Waals surface area contributed by atoms with E-state index in [-0.39, 0.29) is 12.2 Å². The molecule has 0 saturated heterocycles. The first-order chi connectivity index (χ1) is 7.81. The van der Waals surface area contributed by atoms with Gasteiger partial charge in [-0.1, -0.05) is 0 Å². The molecule has 0 aliphatic heterocycles. The molecule has 0 fully saturated rings. The van der Waals surface area contributed by atoms with E-state index in [1.807, 2.05) is 20.8 Å². The molecule has 0 radical (unpaired) electrons. The number of nitrogens with two attached hydrogens (primary N) is 1. The van der Waals surface area contributed by atoms with Crippen LogP contribution in [-0.4, -0.2) is 29.2 Å². The Balaban J connectivity index is 2.41. The second-order valence-electron chi connectivity index (χ2n) is 4.60. The van der Waals surface area contributed by atoms with E-state index < -0.39 is 5.97 Å². The van der Waals surface area contributed by atoms with Crippen LogP contribution in [0.25, 0.3) is 0 Å². The smallest absolute Gasteiger partial charge is 0.343 e. The fraction of sp³-hybridized carbons (Fsp3) is 0.636. The number of carbonyl (C=O) groups is 1. The summed E-state index contributed by atoms with van der Waals surface area (Å²) in [7, 11) is 0.